The topological polar surface area (TPSA) is 37.4 Å². The van der Waals surface area contributed by atoms with E-state index in [2.05, 4.69) is 22.6 Å². The Hall–Kier alpha value is -0.910. The van der Waals surface area contributed by atoms with E-state index in [1.165, 1.54) is 4.90 Å². The van der Waals surface area contributed by atoms with E-state index in [0.29, 0.717) is 23.6 Å². The monoisotopic (exact) mass is 327 g/mol. The van der Waals surface area contributed by atoms with Gasteiger partial charge in [0.1, 0.15) is 0 Å². The minimum absolute atomic E-state index is 0.114. The largest absolute Gasteiger partial charge is 0.274 e. The molecule has 0 saturated heterocycles. The summed E-state index contributed by atoms with van der Waals surface area (Å²) in [4.78, 5) is 25.5. The molecule has 16 heavy (non-hydrogen) atoms. The van der Waals surface area contributed by atoms with Gasteiger partial charge >= 0.3 is 0 Å². The normalized spacial score (nSPS) is 19.2. The number of fused-ring (bicyclic) bond motifs is 1. The highest BCUT2D eigenvalue weighted by molar-refractivity contribution is 14.1. The van der Waals surface area contributed by atoms with Gasteiger partial charge in [0.15, 0.2) is 0 Å². The Morgan fingerprint density at radius 3 is 2.62 bits per heavy atom. The number of amides is 2. The van der Waals surface area contributed by atoms with Crippen LogP contribution in [0.3, 0.4) is 0 Å². The predicted octanol–water partition coefficient (Wildman–Crippen LogP) is 2.30. The summed E-state index contributed by atoms with van der Waals surface area (Å²) >= 11 is 2.11. The number of carbonyl (C=O) groups is 2. The molecule has 0 bridgehead atoms. The number of benzene rings is 1. The van der Waals surface area contributed by atoms with Crippen molar-refractivity contribution in [2.24, 2.45) is 5.92 Å². The van der Waals surface area contributed by atoms with Crippen LogP contribution >= 0.6 is 22.6 Å². The number of halogens is 1. The van der Waals surface area contributed by atoms with Crippen LogP contribution in [0.5, 0.6) is 0 Å². The van der Waals surface area contributed by atoms with E-state index in [0.717, 1.165) is 16.4 Å². The van der Waals surface area contributed by atoms with Crippen molar-refractivity contribution in [3.8, 4) is 0 Å². The number of carbonyl (C=O) groups excluding carboxylic acids is 2. The zero-order chi connectivity index (χ0) is 11.3. The van der Waals surface area contributed by atoms with Crippen LogP contribution in [0, 0.1) is 9.49 Å². The van der Waals surface area contributed by atoms with Crippen LogP contribution in [0.4, 0.5) is 0 Å². The van der Waals surface area contributed by atoms with E-state index in [1.807, 2.05) is 12.1 Å². The first-order valence-electron chi connectivity index (χ1n) is 5.33. The molecule has 3 rings (SSSR count). The van der Waals surface area contributed by atoms with Gasteiger partial charge in [0, 0.05) is 10.1 Å². The summed E-state index contributed by atoms with van der Waals surface area (Å²) in [5.74, 6) is 0.308. The molecule has 0 spiro atoms. The summed E-state index contributed by atoms with van der Waals surface area (Å²) in [5.41, 5.74) is 1.16. The molecule has 1 fully saturated rings. The molecule has 4 heteroatoms. The summed E-state index contributed by atoms with van der Waals surface area (Å²) in [7, 11) is 0. The van der Waals surface area contributed by atoms with Gasteiger partial charge in [-0.3, -0.25) is 14.5 Å². The molecular formula is C12H10INO2. The minimum Gasteiger partial charge on any atom is -0.274 e. The maximum atomic E-state index is 12.1. The van der Waals surface area contributed by atoms with Crippen molar-refractivity contribution in [3.05, 3.63) is 32.9 Å². The van der Waals surface area contributed by atoms with Crippen molar-refractivity contribution >= 4 is 34.4 Å². The Labute approximate surface area is 107 Å². The van der Waals surface area contributed by atoms with E-state index in [9.17, 15) is 9.59 Å². The summed E-state index contributed by atoms with van der Waals surface area (Å²) in [6, 6.07) is 5.43. The van der Waals surface area contributed by atoms with Crippen molar-refractivity contribution < 1.29 is 9.59 Å². The highest BCUT2D eigenvalue weighted by atomic mass is 127. The summed E-state index contributed by atoms with van der Waals surface area (Å²) in [5, 5.41) is 0. The van der Waals surface area contributed by atoms with Crippen LogP contribution in [-0.4, -0.2) is 23.3 Å². The molecule has 2 aliphatic rings. The maximum Gasteiger partial charge on any atom is 0.262 e. The van der Waals surface area contributed by atoms with Crippen LogP contribution in [-0.2, 0) is 0 Å². The molecule has 0 aromatic heterocycles. The van der Waals surface area contributed by atoms with Crippen LogP contribution in [0.2, 0.25) is 0 Å². The second-order valence-electron chi connectivity index (χ2n) is 4.33. The first-order valence-corrected chi connectivity index (χ1v) is 6.41. The quantitative estimate of drug-likeness (QED) is 0.617. The number of rotatable bonds is 2. The molecule has 2 amide bonds. The standard InChI is InChI=1S/C12H10INO2/c13-9-3-1-2-8-10(9)12(16)14(11(8)15)6-7-4-5-7/h1-3,7H,4-6H2. The lowest BCUT2D eigenvalue weighted by Gasteiger charge is -2.12. The van der Waals surface area contributed by atoms with E-state index < -0.39 is 0 Å². The predicted molar refractivity (Wildman–Crippen MR) is 67.3 cm³/mol. The molecule has 3 nitrogen and oxygen atoms in total. The fourth-order valence-electron chi connectivity index (χ4n) is 2.02. The fourth-order valence-corrected chi connectivity index (χ4v) is 2.75. The molecular weight excluding hydrogens is 317 g/mol. The third-order valence-corrected chi connectivity index (χ3v) is 3.98. The van der Waals surface area contributed by atoms with Gasteiger partial charge in [-0.25, -0.2) is 0 Å². The second-order valence-corrected chi connectivity index (χ2v) is 5.49. The van der Waals surface area contributed by atoms with E-state index in [1.54, 1.807) is 6.07 Å². The van der Waals surface area contributed by atoms with E-state index >= 15 is 0 Å². The molecule has 1 aliphatic carbocycles. The van der Waals surface area contributed by atoms with Crippen LogP contribution in [0.1, 0.15) is 33.6 Å². The average molecular weight is 327 g/mol. The van der Waals surface area contributed by atoms with Crippen molar-refractivity contribution in [2.45, 2.75) is 12.8 Å². The second kappa shape index (κ2) is 3.55. The highest BCUT2D eigenvalue weighted by Gasteiger charge is 2.39. The zero-order valence-corrected chi connectivity index (χ0v) is 10.7. The molecule has 0 N–H and O–H groups in total. The van der Waals surface area contributed by atoms with Crippen LogP contribution in [0.15, 0.2) is 18.2 Å². The Morgan fingerprint density at radius 1 is 1.25 bits per heavy atom. The van der Waals surface area contributed by atoms with Gasteiger partial charge in [0.25, 0.3) is 11.8 Å². The highest BCUT2D eigenvalue weighted by Crippen LogP contribution is 2.34. The lowest BCUT2D eigenvalue weighted by molar-refractivity contribution is 0.0646. The Bertz CT molecular complexity index is 494. The fraction of sp³-hybridized carbons (Fsp3) is 0.333. The number of imide groups is 1. The summed E-state index contributed by atoms with van der Waals surface area (Å²) in [6.07, 6.45) is 2.29. The zero-order valence-electron chi connectivity index (χ0n) is 8.57. The first kappa shape index (κ1) is 10.3. The van der Waals surface area contributed by atoms with Gasteiger partial charge in [0.2, 0.25) is 0 Å². The molecule has 1 aliphatic heterocycles. The number of hydrogen-bond donors (Lipinski definition) is 0. The lowest BCUT2D eigenvalue weighted by Crippen LogP contribution is -2.31. The molecule has 1 aromatic carbocycles. The lowest BCUT2D eigenvalue weighted by atomic mass is 10.1. The molecule has 1 aromatic rings. The average Bonchev–Trinajstić information content (AvgIpc) is 3.03. The van der Waals surface area contributed by atoms with Crippen LogP contribution in [0.25, 0.3) is 0 Å². The number of hydrogen-bond acceptors (Lipinski definition) is 2. The molecule has 82 valence electrons. The van der Waals surface area contributed by atoms with Gasteiger partial charge in [-0.15, -0.1) is 0 Å². The molecule has 0 unspecified atom stereocenters. The Morgan fingerprint density at radius 2 is 2.00 bits per heavy atom. The SMILES string of the molecule is O=C1c2cccc(I)c2C(=O)N1CC1CC1. The first-order chi connectivity index (χ1) is 7.68. The van der Waals surface area contributed by atoms with Gasteiger partial charge in [-0.2, -0.15) is 0 Å². The van der Waals surface area contributed by atoms with Crippen molar-refractivity contribution in [2.75, 3.05) is 6.54 Å². The van der Waals surface area contributed by atoms with E-state index in [-0.39, 0.29) is 11.8 Å². The van der Waals surface area contributed by atoms with Gasteiger partial charge in [0.05, 0.1) is 11.1 Å². The molecule has 1 saturated carbocycles. The van der Waals surface area contributed by atoms with Gasteiger partial charge in [-0.05, 0) is 53.5 Å². The smallest absolute Gasteiger partial charge is 0.262 e. The third kappa shape index (κ3) is 1.47. The van der Waals surface area contributed by atoms with E-state index in [4.69, 9.17) is 0 Å². The van der Waals surface area contributed by atoms with Crippen molar-refractivity contribution in [3.63, 3.8) is 0 Å². The summed E-state index contributed by atoms with van der Waals surface area (Å²) < 4.78 is 0.867. The molecule has 0 radical (unpaired) electrons. The molecule has 1 heterocycles. The van der Waals surface area contributed by atoms with Crippen LogP contribution < -0.4 is 0 Å². The minimum atomic E-state index is -0.120. The van der Waals surface area contributed by atoms with Crippen molar-refractivity contribution in [1.29, 1.82) is 0 Å². The van der Waals surface area contributed by atoms with Crippen molar-refractivity contribution in [1.82, 2.24) is 4.90 Å². The van der Waals surface area contributed by atoms with Gasteiger partial charge in [-0.1, -0.05) is 6.07 Å². The number of nitrogens with zero attached hydrogens (tertiary/aromatic N) is 1. The maximum absolute atomic E-state index is 12.1. The molecule has 0 atom stereocenters. The third-order valence-electron chi connectivity index (χ3n) is 3.09. The summed E-state index contributed by atoms with van der Waals surface area (Å²) in [6.45, 7) is 0.600. The Balaban J connectivity index is 2.01. The Kier molecular flexibility index (Phi) is 2.27. The van der Waals surface area contributed by atoms with Gasteiger partial charge < -0.3 is 0 Å².